The summed E-state index contributed by atoms with van der Waals surface area (Å²) in [5, 5.41) is 18.5. The zero-order valence-corrected chi connectivity index (χ0v) is 14.1. The fraction of sp³-hybridized carbons (Fsp3) is 0.158. The molecule has 0 radical (unpaired) electrons. The molecule has 0 saturated carbocycles. The number of hydrogen-bond acceptors (Lipinski definition) is 6. The Morgan fingerprint density at radius 1 is 1.23 bits per heavy atom. The molecule has 0 aliphatic carbocycles. The molecular formula is C19H20N4O3. The third kappa shape index (κ3) is 5.35. The quantitative estimate of drug-likeness (QED) is 0.601. The normalized spacial score (nSPS) is 11.3. The number of hydrogen-bond donors (Lipinski definition) is 3. The van der Waals surface area contributed by atoms with Gasteiger partial charge in [0.05, 0.1) is 0 Å². The molecule has 26 heavy (non-hydrogen) atoms. The van der Waals surface area contributed by atoms with Gasteiger partial charge in [-0.05, 0) is 42.2 Å². The minimum Gasteiger partial charge on any atom is -0.508 e. The van der Waals surface area contributed by atoms with Crippen LogP contribution in [0.5, 0.6) is 5.75 Å². The number of pyridine rings is 1. The van der Waals surface area contributed by atoms with Crippen LogP contribution in [0, 0.1) is 0 Å². The van der Waals surface area contributed by atoms with E-state index in [4.69, 9.17) is 15.9 Å². The Bertz CT molecular complexity index is 876. The molecule has 134 valence electrons. The molecule has 1 unspecified atom stereocenters. The Balaban J connectivity index is 0.000000187. The van der Waals surface area contributed by atoms with E-state index in [9.17, 15) is 4.79 Å². The molecule has 1 atom stereocenters. The van der Waals surface area contributed by atoms with Crippen molar-refractivity contribution in [2.45, 2.75) is 18.9 Å². The van der Waals surface area contributed by atoms with Gasteiger partial charge in [0.1, 0.15) is 18.1 Å². The minimum atomic E-state index is -1.02. The molecule has 0 amide bonds. The number of fused-ring (bicyclic) bond motifs is 1. The Labute approximate surface area is 150 Å². The molecule has 2 heterocycles. The number of nitrogens with zero attached hydrogens (tertiary/aromatic N) is 3. The summed E-state index contributed by atoms with van der Waals surface area (Å²) in [5.41, 5.74) is 8.04. The molecular weight excluding hydrogens is 332 g/mol. The predicted molar refractivity (Wildman–Crippen MR) is 98.7 cm³/mol. The summed E-state index contributed by atoms with van der Waals surface area (Å²) in [5.74, 6) is -0.860. The van der Waals surface area contributed by atoms with E-state index in [0.717, 1.165) is 23.0 Å². The summed E-state index contributed by atoms with van der Waals surface area (Å²) in [6.07, 6.45) is 8.01. The van der Waals surface area contributed by atoms with Crippen molar-refractivity contribution in [1.29, 1.82) is 0 Å². The van der Waals surface area contributed by atoms with Crippen LogP contribution in [0.3, 0.4) is 0 Å². The Hall–Kier alpha value is -3.32. The van der Waals surface area contributed by atoms with Crippen LogP contribution >= 0.6 is 0 Å². The van der Waals surface area contributed by atoms with Crippen LogP contribution in [0.25, 0.3) is 11.0 Å². The molecule has 0 spiro atoms. The predicted octanol–water partition coefficient (Wildman–Crippen LogP) is 2.10. The summed E-state index contributed by atoms with van der Waals surface area (Å²) < 4.78 is 0. The summed E-state index contributed by atoms with van der Waals surface area (Å²) in [4.78, 5) is 22.6. The fourth-order valence-electron chi connectivity index (χ4n) is 2.25. The van der Waals surface area contributed by atoms with Gasteiger partial charge in [-0.1, -0.05) is 18.2 Å². The van der Waals surface area contributed by atoms with Gasteiger partial charge in [0, 0.05) is 17.8 Å². The van der Waals surface area contributed by atoms with E-state index in [0.29, 0.717) is 0 Å². The van der Waals surface area contributed by atoms with Crippen LogP contribution in [0.15, 0.2) is 61.7 Å². The molecule has 0 saturated heterocycles. The summed E-state index contributed by atoms with van der Waals surface area (Å²) in [6, 6.07) is 7.39. The maximum Gasteiger partial charge on any atom is 0.320 e. The summed E-state index contributed by atoms with van der Waals surface area (Å²) >= 11 is 0. The molecule has 2 aromatic heterocycles. The zero-order valence-electron chi connectivity index (χ0n) is 14.1. The van der Waals surface area contributed by atoms with E-state index in [1.165, 1.54) is 24.0 Å². The van der Waals surface area contributed by atoms with E-state index in [1.54, 1.807) is 24.5 Å². The zero-order chi connectivity index (χ0) is 18.9. The van der Waals surface area contributed by atoms with Crippen molar-refractivity contribution in [3.63, 3.8) is 0 Å². The summed E-state index contributed by atoms with van der Waals surface area (Å²) in [6.45, 7) is 3.70. The molecule has 0 aliphatic heterocycles. The molecule has 4 N–H and O–H groups in total. The van der Waals surface area contributed by atoms with Gasteiger partial charge < -0.3 is 15.9 Å². The van der Waals surface area contributed by atoms with Crippen molar-refractivity contribution in [3.05, 3.63) is 72.8 Å². The number of nitrogens with two attached hydrogens (primary N) is 1. The first kappa shape index (κ1) is 19.0. The number of rotatable bonds is 5. The van der Waals surface area contributed by atoms with Gasteiger partial charge in [-0.2, -0.15) is 0 Å². The monoisotopic (exact) mass is 352 g/mol. The van der Waals surface area contributed by atoms with Crippen LogP contribution in [0.2, 0.25) is 0 Å². The Morgan fingerprint density at radius 2 is 1.96 bits per heavy atom. The second-order valence-electron chi connectivity index (χ2n) is 5.54. The third-order valence-corrected chi connectivity index (χ3v) is 3.58. The number of phenols is 1. The van der Waals surface area contributed by atoms with Crippen LogP contribution in [-0.2, 0) is 17.6 Å². The number of carboxylic acid groups (broad SMARTS) is 1. The summed E-state index contributed by atoms with van der Waals surface area (Å²) in [7, 11) is 0. The molecule has 0 fully saturated rings. The van der Waals surface area contributed by atoms with Gasteiger partial charge in [-0.15, -0.1) is 6.58 Å². The van der Waals surface area contributed by atoms with E-state index < -0.39 is 12.0 Å². The molecule has 3 rings (SSSR count). The second-order valence-corrected chi connectivity index (χ2v) is 5.54. The average molecular weight is 352 g/mol. The van der Waals surface area contributed by atoms with Gasteiger partial charge in [0.25, 0.3) is 0 Å². The van der Waals surface area contributed by atoms with Crippen molar-refractivity contribution in [2.24, 2.45) is 5.73 Å². The molecule has 1 aromatic carbocycles. The number of benzene rings is 1. The smallest absolute Gasteiger partial charge is 0.320 e. The minimum absolute atomic E-state index is 0.160. The van der Waals surface area contributed by atoms with E-state index in [1.807, 2.05) is 12.1 Å². The highest BCUT2D eigenvalue weighted by atomic mass is 16.4. The number of aliphatic carboxylic acids is 1. The van der Waals surface area contributed by atoms with Crippen molar-refractivity contribution < 1.29 is 15.0 Å². The van der Waals surface area contributed by atoms with Crippen molar-refractivity contribution in [3.8, 4) is 5.75 Å². The SMILES string of the molecule is C=CCc1ccnc2ncncc12.NC(Cc1ccc(O)cc1)C(=O)O. The second kappa shape index (κ2) is 9.24. The van der Waals surface area contributed by atoms with Crippen LogP contribution < -0.4 is 5.73 Å². The molecule has 3 aromatic rings. The first-order valence-corrected chi connectivity index (χ1v) is 7.92. The van der Waals surface area contributed by atoms with Crippen LogP contribution in [0.4, 0.5) is 0 Å². The van der Waals surface area contributed by atoms with Gasteiger partial charge in [0.2, 0.25) is 0 Å². The number of aromatic nitrogens is 3. The number of phenolic OH excluding ortho intramolecular Hbond substituents is 1. The van der Waals surface area contributed by atoms with Gasteiger partial charge in [0.15, 0.2) is 5.65 Å². The third-order valence-electron chi connectivity index (χ3n) is 3.58. The lowest BCUT2D eigenvalue weighted by Crippen LogP contribution is -2.32. The van der Waals surface area contributed by atoms with Gasteiger partial charge in [-0.25, -0.2) is 15.0 Å². The maximum absolute atomic E-state index is 10.4. The van der Waals surface area contributed by atoms with Crippen LogP contribution in [0.1, 0.15) is 11.1 Å². The number of carboxylic acids is 1. The fourth-order valence-corrected chi connectivity index (χ4v) is 2.25. The lowest BCUT2D eigenvalue weighted by atomic mass is 10.1. The molecule has 7 heteroatoms. The first-order chi connectivity index (χ1) is 12.5. The number of carbonyl (C=O) groups is 1. The standard InChI is InChI=1S/C10H9N3.C9H11NO3/c1-2-3-8-4-5-12-10-9(8)6-11-7-13-10;10-8(9(12)13)5-6-1-3-7(11)4-2-6/h2,4-7H,1,3H2;1-4,8,11H,5,10H2,(H,12,13). The van der Waals surface area contributed by atoms with Gasteiger partial charge in [-0.3, -0.25) is 4.79 Å². The molecule has 7 nitrogen and oxygen atoms in total. The average Bonchev–Trinajstić information content (AvgIpc) is 2.65. The Morgan fingerprint density at radius 3 is 2.62 bits per heavy atom. The Kier molecular flexibility index (Phi) is 6.75. The van der Waals surface area contributed by atoms with E-state index >= 15 is 0 Å². The lowest BCUT2D eigenvalue weighted by Gasteiger charge is -2.05. The highest BCUT2D eigenvalue weighted by molar-refractivity contribution is 5.77. The van der Waals surface area contributed by atoms with Crippen molar-refractivity contribution >= 4 is 17.0 Å². The van der Waals surface area contributed by atoms with E-state index in [-0.39, 0.29) is 12.2 Å². The van der Waals surface area contributed by atoms with Crippen LogP contribution in [-0.4, -0.2) is 37.2 Å². The number of allylic oxidation sites excluding steroid dienone is 1. The van der Waals surface area contributed by atoms with Gasteiger partial charge >= 0.3 is 5.97 Å². The number of aromatic hydroxyl groups is 1. The molecule has 0 bridgehead atoms. The van der Waals surface area contributed by atoms with Crippen molar-refractivity contribution in [1.82, 2.24) is 15.0 Å². The molecule has 0 aliphatic rings. The topological polar surface area (TPSA) is 122 Å². The van der Waals surface area contributed by atoms with Crippen molar-refractivity contribution in [2.75, 3.05) is 0 Å². The van der Waals surface area contributed by atoms with E-state index in [2.05, 4.69) is 21.5 Å². The highest BCUT2D eigenvalue weighted by Gasteiger charge is 2.11. The maximum atomic E-state index is 10.4. The lowest BCUT2D eigenvalue weighted by molar-refractivity contribution is -0.138. The largest absolute Gasteiger partial charge is 0.508 e. The first-order valence-electron chi connectivity index (χ1n) is 7.92. The highest BCUT2D eigenvalue weighted by Crippen LogP contribution is 2.13.